The third kappa shape index (κ3) is 3.20. The van der Waals surface area contributed by atoms with Crippen LogP contribution in [0.2, 0.25) is 0 Å². The summed E-state index contributed by atoms with van der Waals surface area (Å²) in [6, 6.07) is 19.6. The Labute approximate surface area is 170 Å². The van der Waals surface area contributed by atoms with E-state index in [4.69, 9.17) is 0 Å². The highest BCUT2D eigenvalue weighted by Crippen LogP contribution is 2.32. The van der Waals surface area contributed by atoms with Gasteiger partial charge in [0.1, 0.15) is 5.82 Å². The predicted molar refractivity (Wildman–Crippen MR) is 109 cm³/mol. The van der Waals surface area contributed by atoms with E-state index in [1.54, 1.807) is 47.5 Å². The first-order chi connectivity index (χ1) is 14.8. The summed E-state index contributed by atoms with van der Waals surface area (Å²) < 4.78 is 16.3. The minimum absolute atomic E-state index is 0.336. The Balaban J connectivity index is 1.74. The number of pyridine rings is 1. The average molecular weight is 395 g/mol. The lowest BCUT2D eigenvalue weighted by Gasteiger charge is -2.11. The second-order valence-corrected chi connectivity index (χ2v) is 6.43. The molecule has 0 saturated heterocycles. The number of benzene rings is 2. The van der Waals surface area contributed by atoms with E-state index in [-0.39, 0.29) is 0 Å². The topological polar surface area (TPSA) is 82.3 Å². The Bertz CT molecular complexity index is 1300. The van der Waals surface area contributed by atoms with Gasteiger partial charge in [0.05, 0.1) is 16.9 Å². The Morgan fingerprint density at radius 1 is 0.800 bits per heavy atom. The van der Waals surface area contributed by atoms with Gasteiger partial charge in [-0.1, -0.05) is 30.3 Å². The fraction of sp³-hybridized carbons (Fsp3) is 0. The van der Waals surface area contributed by atoms with E-state index in [2.05, 4.69) is 30.5 Å². The maximum Gasteiger partial charge on any atom is 0.190 e. The van der Waals surface area contributed by atoms with Crippen molar-refractivity contribution in [3.05, 3.63) is 91.1 Å². The molecule has 3 aromatic heterocycles. The van der Waals surface area contributed by atoms with E-state index < -0.39 is 5.82 Å². The standard InChI is InChI=1S/C22H14FN7/c23-19-11-5-4-10-17(19)20-18(14-25-21(26-20)15-7-6-12-24-13-15)22-27-28-29-30(22)16-8-2-1-3-9-16/h1-14H. The molecule has 3 heterocycles. The smallest absolute Gasteiger partial charge is 0.190 e. The maximum absolute atomic E-state index is 14.7. The Morgan fingerprint density at radius 3 is 2.43 bits per heavy atom. The van der Waals surface area contributed by atoms with Crippen molar-refractivity contribution in [3.63, 3.8) is 0 Å². The van der Waals surface area contributed by atoms with Gasteiger partial charge in [0.25, 0.3) is 0 Å². The third-order valence-electron chi connectivity index (χ3n) is 4.55. The van der Waals surface area contributed by atoms with E-state index in [1.807, 2.05) is 36.4 Å². The number of aromatic nitrogens is 7. The summed E-state index contributed by atoms with van der Waals surface area (Å²) in [7, 11) is 0. The van der Waals surface area contributed by atoms with Crippen LogP contribution in [-0.4, -0.2) is 35.2 Å². The minimum Gasteiger partial charge on any atom is -0.264 e. The normalized spacial score (nSPS) is 10.8. The van der Waals surface area contributed by atoms with Crippen molar-refractivity contribution >= 4 is 0 Å². The molecule has 0 spiro atoms. The Hall–Kier alpha value is -4.33. The molecule has 2 aromatic carbocycles. The van der Waals surface area contributed by atoms with Crippen LogP contribution < -0.4 is 0 Å². The average Bonchev–Trinajstić information content (AvgIpc) is 3.30. The number of tetrazole rings is 1. The first-order valence-corrected chi connectivity index (χ1v) is 9.18. The molecule has 144 valence electrons. The van der Waals surface area contributed by atoms with Crippen LogP contribution in [0.25, 0.3) is 39.7 Å². The fourth-order valence-electron chi connectivity index (χ4n) is 3.14. The summed E-state index contributed by atoms with van der Waals surface area (Å²) >= 11 is 0. The Kier molecular flexibility index (Phi) is 4.49. The van der Waals surface area contributed by atoms with Crippen LogP contribution in [0.3, 0.4) is 0 Å². The molecule has 0 aliphatic rings. The fourth-order valence-corrected chi connectivity index (χ4v) is 3.14. The van der Waals surface area contributed by atoms with Crippen molar-refractivity contribution in [2.75, 3.05) is 0 Å². The van der Waals surface area contributed by atoms with E-state index >= 15 is 0 Å². The van der Waals surface area contributed by atoms with Gasteiger partial charge in [0, 0.05) is 29.7 Å². The van der Waals surface area contributed by atoms with E-state index in [1.165, 1.54) is 6.07 Å². The van der Waals surface area contributed by atoms with Gasteiger partial charge < -0.3 is 0 Å². The zero-order valence-corrected chi connectivity index (χ0v) is 15.6. The van der Waals surface area contributed by atoms with Gasteiger partial charge in [-0.15, -0.1) is 5.10 Å². The molecule has 0 amide bonds. The van der Waals surface area contributed by atoms with Gasteiger partial charge in [0.15, 0.2) is 11.6 Å². The molecule has 5 aromatic rings. The van der Waals surface area contributed by atoms with E-state index in [0.717, 1.165) is 11.3 Å². The third-order valence-corrected chi connectivity index (χ3v) is 4.55. The van der Waals surface area contributed by atoms with E-state index in [9.17, 15) is 4.39 Å². The van der Waals surface area contributed by atoms with Gasteiger partial charge in [0.2, 0.25) is 0 Å². The van der Waals surface area contributed by atoms with Crippen molar-refractivity contribution in [2.24, 2.45) is 0 Å². The zero-order chi connectivity index (χ0) is 20.3. The molecule has 0 aliphatic heterocycles. The predicted octanol–water partition coefficient (Wildman–Crippen LogP) is 3.99. The van der Waals surface area contributed by atoms with Gasteiger partial charge in [-0.3, -0.25) is 4.98 Å². The monoisotopic (exact) mass is 395 g/mol. The summed E-state index contributed by atoms with van der Waals surface area (Å²) in [4.78, 5) is 13.3. The second-order valence-electron chi connectivity index (χ2n) is 6.43. The number of hydrogen-bond acceptors (Lipinski definition) is 6. The first kappa shape index (κ1) is 17.7. The van der Waals surface area contributed by atoms with Crippen molar-refractivity contribution in [3.8, 4) is 39.7 Å². The van der Waals surface area contributed by atoms with Gasteiger partial charge >= 0.3 is 0 Å². The largest absolute Gasteiger partial charge is 0.264 e. The van der Waals surface area contributed by atoms with Crippen LogP contribution in [0, 0.1) is 5.82 Å². The lowest BCUT2D eigenvalue weighted by Crippen LogP contribution is -2.03. The van der Waals surface area contributed by atoms with Crippen molar-refractivity contribution < 1.29 is 4.39 Å². The van der Waals surface area contributed by atoms with Gasteiger partial charge in [-0.05, 0) is 46.8 Å². The number of halogens is 1. The molecule has 0 fully saturated rings. The summed E-state index contributed by atoms with van der Waals surface area (Å²) in [6.45, 7) is 0. The number of para-hydroxylation sites is 1. The van der Waals surface area contributed by atoms with Crippen LogP contribution in [0.15, 0.2) is 85.3 Å². The maximum atomic E-state index is 14.7. The van der Waals surface area contributed by atoms with Crippen LogP contribution in [0.5, 0.6) is 0 Å². The molecular weight excluding hydrogens is 381 g/mol. The van der Waals surface area contributed by atoms with Crippen molar-refractivity contribution in [2.45, 2.75) is 0 Å². The van der Waals surface area contributed by atoms with Crippen LogP contribution in [0.4, 0.5) is 4.39 Å². The number of nitrogens with zero attached hydrogens (tertiary/aromatic N) is 7. The summed E-state index contributed by atoms with van der Waals surface area (Å²) in [5, 5.41) is 12.1. The molecule has 0 saturated carbocycles. The molecule has 0 aliphatic carbocycles. The molecule has 0 radical (unpaired) electrons. The van der Waals surface area contributed by atoms with Crippen molar-refractivity contribution in [1.29, 1.82) is 0 Å². The van der Waals surface area contributed by atoms with Crippen LogP contribution >= 0.6 is 0 Å². The highest BCUT2D eigenvalue weighted by atomic mass is 19.1. The molecule has 5 rings (SSSR count). The molecule has 0 N–H and O–H groups in total. The van der Waals surface area contributed by atoms with E-state index in [0.29, 0.717) is 28.5 Å². The second kappa shape index (κ2) is 7.59. The van der Waals surface area contributed by atoms with Crippen LogP contribution in [-0.2, 0) is 0 Å². The molecule has 0 atom stereocenters. The summed E-state index contributed by atoms with van der Waals surface area (Å²) in [5.41, 5.74) is 2.75. The quantitative estimate of drug-likeness (QED) is 0.458. The number of rotatable bonds is 4. The van der Waals surface area contributed by atoms with Gasteiger partial charge in [-0.2, -0.15) is 4.68 Å². The SMILES string of the molecule is Fc1ccccc1-c1nc(-c2cccnc2)ncc1-c1nnnn1-c1ccccc1. The van der Waals surface area contributed by atoms with Crippen LogP contribution in [0.1, 0.15) is 0 Å². The minimum atomic E-state index is -0.395. The highest BCUT2D eigenvalue weighted by Gasteiger charge is 2.20. The molecular formula is C22H14FN7. The molecule has 0 unspecified atom stereocenters. The zero-order valence-electron chi connectivity index (χ0n) is 15.6. The first-order valence-electron chi connectivity index (χ1n) is 9.18. The lowest BCUT2D eigenvalue weighted by atomic mass is 10.1. The van der Waals surface area contributed by atoms with Gasteiger partial charge in [-0.25, -0.2) is 14.4 Å². The summed E-state index contributed by atoms with van der Waals surface area (Å²) in [5.74, 6) is 0.453. The highest BCUT2D eigenvalue weighted by molar-refractivity contribution is 5.79. The molecule has 0 bridgehead atoms. The molecule has 8 heteroatoms. The molecule has 7 nitrogen and oxygen atoms in total. The summed E-state index contributed by atoms with van der Waals surface area (Å²) in [6.07, 6.45) is 4.94. The van der Waals surface area contributed by atoms with Crippen molar-refractivity contribution in [1.82, 2.24) is 35.2 Å². The number of hydrogen-bond donors (Lipinski definition) is 0. The Morgan fingerprint density at radius 2 is 1.63 bits per heavy atom. The lowest BCUT2D eigenvalue weighted by molar-refractivity contribution is 0.630. The molecule has 30 heavy (non-hydrogen) atoms.